The van der Waals surface area contributed by atoms with Gasteiger partial charge in [0.15, 0.2) is 5.82 Å². The Balaban J connectivity index is 1.78. The van der Waals surface area contributed by atoms with Crippen LogP contribution >= 0.6 is 0 Å². The number of aryl methyl sites for hydroxylation is 1. The van der Waals surface area contributed by atoms with Crippen molar-refractivity contribution in [2.24, 2.45) is 0 Å². The number of rotatable bonds is 9. The van der Waals surface area contributed by atoms with Gasteiger partial charge in [-0.1, -0.05) is 19.1 Å². The zero-order valence-electron chi connectivity index (χ0n) is 17.6. The summed E-state index contributed by atoms with van der Waals surface area (Å²) in [5.74, 6) is 0.0697. The molecule has 0 bridgehead atoms. The molecule has 2 aromatic carbocycles. The standard InChI is InChI=1S/C20H22N4O6S2/c1-4-14-5-9-16(10-6-14)31(25,26)23-15-7-11-17(12-8-15)32(27,28)24-18-13-19(29-2)22-20(21-18)30-3/h5-13,23H,4H2,1-3H3,(H,21,22,24). The van der Waals surface area contributed by atoms with E-state index in [9.17, 15) is 16.8 Å². The van der Waals surface area contributed by atoms with Crippen LogP contribution in [-0.4, -0.2) is 41.0 Å². The minimum atomic E-state index is -4.01. The number of anilines is 2. The number of nitrogens with one attached hydrogen (secondary N) is 2. The van der Waals surface area contributed by atoms with Crippen LogP contribution in [0.5, 0.6) is 11.9 Å². The number of hydrogen-bond donors (Lipinski definition) is 2. The first-order valence-corrected chi connectivity index (χ1v) is 12.3. The second-order valence-corrected chi connectivity index (χ2v) is 9.88. The topological polar surface area (TPSA) is 137 Å². The molecule has 0 spiro atoms. The van der Waals surface area contributed by atoms with Crippen molar-refractivity contribution in [1.82, 2.24) is 9.97 Å². The Morgan fingerprint density at radius 2 is 1.34 bits per heavy atom. The molecule has 1 heterocycles. The zero-order valence-corrected chi connectivity index (χ0v) is 19.2. The average molecular weight is 479 g/mol. The molecule has 0 aliphatic carbocycles. The summed E-state index contributed by atoms with van der Waals surface area (Å²) >= 11 is 0. The Morgan fingerprint density at radius 1 is 0.781 bits per heavy atom. The molecule has 32 heavy (non-hydrogen) atoms. The normalized spacial score (nSPS) is 11.6. The molecule has 0 fully saturated rings. The lowest BCUT2D eigenvalue weighted by Crippen LogP contribution is -2.15. The van der Waals surface area contributed by atoms with Gasteiger partial charge in [0, 0.05) is 11.8 Å². The number of nitrogens with zero attached hydrogens (tertiary/aromatic N) is 2. The van der Waals surface area contributed by atoms with Gasteiger partial charge in [-0.25, -0.2) is 16.8 Å². The molecule has 12 heteroatoms. The van der Waals surface area contributed by atoms with Gasteiger partial charge in [-0.3, -0.25) is 9.44 Å². The van der Waals surface area contributed by atoms with E-state index in [2.05, 4.69) is 19.4 Å². The Kier molecular flexibility index (Phi) is 6.84. The summed E-state index contributed by atoms with van der Waals surface area (Å²) in [5, 5.41) is 0. The molecule has 0 atom stereocenters. The Bertz CT molecular complexity index is 1270. The molecular weight excluding hydrogens is 456 g/mol. The summed E-state index contributed by atoms with van der Waals surface area (Å²) in [7, 11) is -5.11. The van der Waals surface area contributed by atoms with Crippen molar-refractivity contribution in [3.05, 3.63) is 60.2 Å². The van der Waals surface area contributed by atoms with Crippen LogP contribution in [0.4, 0.5) is 11.5 Å². The number of ether oxygens (including phenoxy) is 2. The SMILES string of the molecule is CCc1ccc(S(=O)(=O)Nc2ccc(S(=O)(=O)Nc3cc(OC)nc(OC)n3)cc2)cc1. The van der Waals surface area contributed by atoms with Gasteiger partial charge in [-0.05, 0) is 48.4 Å². The lowest BCUT2D eigenvalue weighted by atomic mass is 10.2. The van der Waals surface area contributed by atoms with Crippen LogP contribution < -0.4 is 18.9 Å². The van der Waals surface area contributed by atoms with Crippen LogP contribution in [0.3, 0.4) is 0 Å². The van der Waals surface area contributed by atoms with Crippen LogP contribution in [0.2, 0.25) is 0 Å². The van der Waals surface area contributed by atoms with Crippen molar-refractivity contribution >= 4 is 31.6 Å². The van der Waals surface area contributed by atoms with E-state index < -0.39 is 20.0 Å². The first kappa shape index (κ1) is 23.3. The van der Waals surface area contributed by atoms with Crippen molar-refractivity contribution in [3.8, 4) is 11.9 Å². The summed E-state index contributed by atoms with van der Waals surface area (Å²) in [6.45, 7) is 1.98. The fraction of sp³-hybridized carbons (Fsp3) is 0.200. The Morgan fingerprint density at radius 3 is 1.88 bits per heavy atom. The molecule has 0 aliphatic rings. The lowest BCUT2D eigenvalue weighted by Gasteiger charge is -2.11. The molecular formula is C20H22N4O6S2. The van der Waals surface area contributed by atoms with E-state index in [1.54, 1.807) is 12.1 Å². The van der Waals surface area contributed by atoms with Gasteiger partial charge < -0.3 is 9.47 Å². The van der Waals surface area contributed by atoms with E-state index in [0.717, 1.165) is 12.0 Å². The lowest BCUT2D eigenvalue weighted by molar-refractivity contribution is 0.353. The van der Waals surface area contributed by atoms with E-state index in [1.807, 2.05) is 6.92 Å². The van der Waals surface area contributed by atoms with Gasteiger partial charge in [-0.2, -0.15) is 9.97 Å². The number of sulfonamides is 2. The number of hydrogen-bond acceptors (Lipinski definition) is 8. The Hall–Kier alpha value is -3.38. The Labute approximate surface area is 186 Å². The smallest absolute Gasteiger partial charge is 0.321 e. The van der Waals surface area contributed by atoms with Gasteiger partial charge in [0.25, 0.3) is 20.0 Å². The van der Waals surface area contributed by atoms with Crippen molar-refractivity contribution in [2.45, 2.75) is 23.1 Å². The number of methoxy groups -OCH3 is 2. The minimum absolute atomic E-state index is 0.0472. The maximum atomic E-state index is 12.7. The third-order valence-corrected chi connectivity index (χ3v) is 7.14. The zero-order chi connectivity index (χ0) is 23.4. The predicted octanol–water partition coefficient (Wildman–Crippen LogP) is 2.66. The minimum Gasteiger partial charge on any atom is -0.481 e. The van der Waals surface area contributed by atoms with Crippen LogP contribution in [-0.2, 0) is 26.5 Å². The fourth-order valence-electron chi connectivity index (χ4n) is 2.67. The fourth-order valence-corrected chi connectivity index (χ4v) is 4.72. The second-order valence-electron chi connectivity index (χ2n) is 6.52. The molecule has 1 aromatic heterocycles. The van der Waals surface area contributed by atoms with Crippen LogP contribution in [0.1, 0.15) is 12.5 Å². The van der Waals surface area contributed by atoms with Crippen molar-refractivity contribution in [1.29, 1.82) is 0 Å². The first-order valence-electron chi connectivity index (χ1n) is 9.38. The highest BCUT2D eigenvalue weighted by molar-refractivity contribution is 7.93. The third kappa shape index (κ3) is 5.45. The molecule has 10 nitrogen and oxygen atoms in total. The van der Waals surface area contributed by atoms with Crippen molar-refractivity contribution < 1.29 is 26.3 Å². The van der Waals surface area contributed by atoms with E-state index >= 15 is 0 Å². The van der Waals surface area contributed by atoms with E-state index in [1.165, 1.54) is 56.7 Å². The molecule has 3 aromatic rings. The molecule has 0 amide bonds. The van der Waals surface area contributed by atoms with Crippen LogP contribution in [0, 0.1) is 0 Å². The van der Waals surface area contributed by atoms with Gasteiger partial charge in [0.1, 0.15) is 0 Å². The van der Waals surface area contributed by atoms with Crippen molar-refractivity contribution in [3.63, 3.8) is 0 Å². The van der Waals surface area contributed by atoms with Crippen LogP contribution in [0.25, 0.3) is 0 Å². The summed E-state index contributed by atoms with van der Waals surface area (Å²) in [6, 6.07) is 13.0. The van der Waals surface area contributed by atoms with E-state index in [4.69, 9.17) is 9.47 Å². The molecule has 0 unspecified atom stereocenters. The maximum Gasteiger partial charge on any atom is 0.321 e. The first-order chi connectivity index (χ1) is 15.2. The number of benzene rings is 2. The predicted molar refractivity (Wildman–Crippen MR) is 119 cm³/mol. The number of aromatic nitrogens is 2. The van der Waals surface area contributed by atoms with E-state index in [-0.39, 0.29) is 33.2 Å². The van der Waals surface area contributed by atoms with Crippen LogP contribution in [0.15, 0.2) is 64.4 Å². The summed E-state index contributed by atoms with van der Waals surface area (Å²) in [4.78, 5) is 7.84. The molecule has 0 saturated heterocycles. The quantitative estimate of drug-likeness (QED) is 0.479. The average Bonchev–Trinajstić information content (AvgIpc) is 2.78. The largest absolute Gasteiger partial charge is 0.481 e. The third-order valence-electron chi connectivity index (χ3n) is 4.37. The van der Waals surface area contributed by atoms with Gasteiger partial charge in [0.2, 0.25) is 5.88 Å². The molecule has 0 aliphatic heterocycles. The summed E-state index contributed by atoms with van der Waals surface area (Å²) < 4.78 is 65.2. The molecule has 0 saturated carbocycles. The van der Waals surface area contributed by atoms with Gasteiger partial charge in [-0.15, -0.1) is 0 Å². The monoisotopic (exact) mass is 478 g/mol. The summed E-state index contributed by atoms with van der Waals surface area (Å²) in [6.07, 6.45) is 0.798. The highest BCUT2D eigenvalue weighted by Crippen LogP contribution is 2.23. The van der Waals surface area contributed by atoms with Crippen molar-refractivity contribution in [2.75, 3.05) is 23.7 Å². The van der Waals surface area contributed by atoms with Gasteiger partial charge in [0.05, 0.1) is 24.0 Å². The van der Waals surface area contributed by atoms with Gasteiger partial charge >= 0.3 is 6.01 Å². The van der Waals surface area contributed by atoms with E-state index in [0.29, 0.717) is 0 Å². The molecule has 170 valence electrons. The molecule has 0 radical (unpaired) electrons. The molecule has 3 rings (SSSR count). The maximum absolute atomic E-state index is 12.7. The molecule has 2 N–H and O–H groups in total. The summed E-state index contributed by atoms with van der Waals surface area (Å²) in [5.41, 5.74) is 1.24. The second kappa shape index (κ2) is 9.40. The highest BCUT2D eigenvalue weighted by Gasteiger charge is 2.18. The highest BCUT2D eigenvalue weighted by atomic mass is 32.2.